The van der Waals surface area contributed by atoms with Gasteiger partial charge in [0.15, 0.2) is 5.43 Å². The minimum atomic E-state index is -0.511. The fourth-order valence-electron chi connectivity index (χ4n) is 4.72. The van der Waals surface area contributed by atoms with Gasteiger partial charge in [0.25, 0.3) is 5.91 Å². The van der Waals surface area contributed by atoms with Crippen molar-refractivity contribution in [1.82, 2.24) is 9.80 Å². The molecule has 0 N–H and O–H groups in total. The third-order valence-electron chi connectivity index (χ3n) is 6.65. The molecule has 2 aliphatic heterocycles. The van der Waals surface area contributed by atoms with Gasteiger partial charge in [-0.3, -0.25) is 14.5 Å². The van der Waals surface area contributed by atoms with Crippen molar-refractivity contribution >= 4 is 32.8 Å². The summed E-state index contributed by atoms with van der Waals surface area (Å²) in [5, 5.41) is 0.463. The molecule has 0 radical (unpaired) electrons. The molecule has 1 amide bonds. The minimum absolute atomic E-state index is 0.139. The second-order valence-corrected chi connectivity index (χ2v) is 9.86. The average molecular weight is 541 g/mol. The molecule has 5 rings (SSSR count). The number of morpholine rings is 1. The number of hydrogen-bond acceptors (Lipinski definition) is 6. The van der Waals surface area contributed by atoms with E-state index >= 15 is 0 Å². The number of carbonyl (C=O) groups excluding carboxylic acids is 1. The monoisotopic (exact) mass is 540 g/mol. The van der Waals surface area contributed by atoms with Crippen LogP contribution in [0.15, 0.2) is 56.1 Å². The summed E-state index contributed by atoms with van der Waals surface area (Å²) in [6.07, 6.45) is 2.06. The Kier molecular flexibility index (Phi) is 7.22. The van der Waals surface area contributed by atoms with Gasteiger partial charge in [0, 0.05) is 30.7 Å². The van der Waals surface area contributed by atoms with Crippen molar-refractivity contribution in [3.8, 4) is 5.75 Å². The van der Waals surface area contributed by atoms with Crippen LogP contribution in [0.1, 0.15) is 47.5 Å². The van der Waals surface area contributed by atoms with Crippen LogP contribution in [0.4, 0.5) is 0 Å². The number of carbonyl (C=O) groups is 1. The third-order valence-corrected chi connectivity index (χ3v) is 7.14. The van der Waals surface area contributed by atoms with Gasteiger partial charge in [-0.25, -0.2) is 0 Å². The zero-order valence-electron chi connectivity index (χ0n) is 19.8. The van der Waals surface area contributed by atoms with Crippen molar-refractivity contribution in [3.05, 3.63) is 74.0 Å². The molecule has 0 unspecified atom stereocenters. The van der Waals surface area contributed by atoms with Crippen molar-refractivity contribution in [2.45, 2.75) is 25.8 Å². The number of unbranched alkanes of at least 4 members (excludes halogenated alkanes) is 1. The molecule has 1 atom stereocenters. The summed E-state index contributed by atoms with van der Waals surface area (Å²) in [7, 11) is 0. The van der Waals surface area contributed by atoms with E-state index in [-0.39, 0.29) is 17.1 Å². The summed E-state index contributed by atoms with van der Waals surface area (Å²) >= 11 is 3.45. The Morgan fingerprint density at radius 2 is 1.83 bits per heavy atom. The molecular formula is C27H29BrN2O5. The van der Waals surface area contributed by atoms with Crippen molar-refractivity contribution < 1.29 is 18.7 Å². The number of nitrogens with zero attached hydrogens (tertiary/aromatic N) is 2. The average Bonchev–Trinajstić information content (AvgIpc) is 3.16. The van der Waals surface area contributed by atoms with Crippen LogP contribution in [0.2, 0.25) is 0 Å². The van der Waals surface area contributed by atoms with Gasteiger partial charge in [-0.05, 0) is 42.3 Å². The number of halogens is 1. The maximum absolute atomic E-state index is 13.7. The summed E-state index contributed by atoms with van der Waals surface area (Å²) < 4.78 is 18.1. The van der Waals surface area contributed by atoms with E-state index in [2.05, 4.69) is 27.8 Å². The second kappa shape index (κ2) is 10.5. The van der Waals surface area contributed by atoms with Gasteiger partial charge in [-0.2, -0.15) is 0 Å². The van der Waals surface area contributed by atoms with Crippen LogP contribution in [0.3, 0.4) is 0 Å². The number of ether oxygens (including phenoxy) is 2. The van der Waals surface area contributed by atoms with Crippen molar-refractivity contribution in [2.75, 3.05) is 46.0 Å². The van der Waals surface area contributed by atoms with Gasteiger partial charge in [0.2, 0.25) is 5.76 Å². The van der Waals surface area contributed by atoms with E-state index in [1.54, 1.807) is 17.0 Å². The maximum atomic E-state index is 13.7. The molecule has 8 heteroatoms. The Morgan fingerprint density at radius 1 is 1.06 bits per heavy atom. The highest BCUT2D eigenvalue weighted by molar-refractivity contribution is 9.10. The highest BCUT2D eigenvalue weighted by Gasteiger charge is 2.42. The predicted octanol–water partition coefficient (Wildman–Crippen LogP) is 4.61. The largest absolute Gasteiger partial charge is 0.494 e. The highest BCUT2D eigenvalue weighted by Crippen LogP contribution is 2.38. The molecule has 1 saturated heterocycles. The third kappa shape index (κ3) is 4.87. The summed E-state index contributed by atoms with van der Waals surface area (Å²) in [4.78, 5) is 31.3. The number of rotatable bonds is 8. The molecular weight excluding hydrogens is 512 g/mol. The van der Waals surface area contributed by atoms with E-state index in [0.29, 0.717) is 49.4 Å². The number of fused-ring (bicyclic) bond motifs is 2. The second-order valence-electron chi connectivity index (χ2n) is 8.94. The summed E-state index contributed by atoms with van der Waals surface area (Å²) in [5.41, 5.74) is 1.52. The number of benzene rings is 2. The van der Waals surface area contributed by atoms with Crippen LogP contribution in [0, 0.1) is 0 Å². The normalized spacial score (nSPS) is 18.3. The van der Waals surface area contributed by atoms with E-state index in [9.17, 15) is 9.59 Å². The van der Waals surface area contributed by atoms with Crippen LogP contribution in [0.25, 0.3) is 11.0 Å². The van der Waals surface area contributed by atoms with Crippen LogP contribution in [-0.2, 0) is 4.74 Å². The molecule has 0 bridgehead atoms. The first-order chi connectivity index (χ1) is 17.1. The molecule has 0 aliphatic carbocycles. The summed E-state index contributed by atoms with van der Waals surface area (Å²) in [5.74, 6) is 0.671. The Hall–Kier alpha value is -2.68. The van der Waals surface area contributed by atoms with E-state index < -0.39 is 6.04 Å². The number of hydrogen-bond donors (Lipinski definition) is 0. The van der Waals surface area contributed by atoms with Gasteiger partial charge in [0.1, 0.15) is 11.3 Å². The Labute approximate surface area is 212 Å². The molecule has 2 aliphatic rings. The van der Waals surface area contributed by atoms with Gasteiger partial charge < -0.3 is 18.8 Å². The molecule has 35 heavy (non-hydrogen) atoms. The molecule has 3 heterocycles. The SMILES string of the molecule is CCCCOc1ccc([C@@H]2c3c(oc4ccc(Br)cc4c3=O)C(=O)N2CCN2CCOCC2)cc1. The highest BCUT2D eigenvalue weighted by atomic mass is 79.9. The Bertz CT molecular complexity index is 1270. The molecule has 0 saturated carbocycles. The van der Waals surface area contributed by atoms with Crippen LogP contribution in [-0.4, -0.2) is 61.7 Å². The van der Waals surface area contributed by atoms with Gasteiger partial charge in [-0.15, -0.1) is 0 Å². The summed E-state index contributed by atoms with van der Waals surface area (Å²) in [6, 6.07) is 12.5. The molecule has 1 aromatic heterocycles. The summed E-state index contributed by atoms with van der Waals surface area (Å²) in [6.45, 7) is 7.03. The topological polar surface area (TPSA) is 72.2 Å². The van der Waals surface area contributed by atoms with E-state index in [4.69, 9.17) is 13.9 Å². The fraction of sp³-hybridized carbons (Fsp3) is 0.407. The smallest absolute Gasteiger partial charge is 0.290 e. The predicted molar refractivity (Wildman–Crippen MR) is 137 cm³/mol. The van der Waals surface area contributed by atoms with E-state index in [0.717, 1.165) is 41.7 Å². The Balaban J connectivity index is 1.52. The van der Waals surface area contributed by atoms with Crippen molar-refractivity contribution in [3.63, 3.8) is 0 Å². The first-order valence-electron chi connectivity index (χ1n) is 12.2. The zero-order valence-corrected chi connectivity index (χ0v) is 21.4. The fourth-order valence-corrected chi connectivity index (χ4v) is 5.09. The lowest BCUT2D eigenvalue weighted by Crippen LogP contribution is -2.42. The van der Waals surface area contributed by atoms with E-state index in [1.807, 2.05) is 30.3 Å². The van der Waals surface area contributed by atoms with Gasteiger partial charge >= 0.3 is 0 Å². The van der Waals surface area contributed by atoms with Crippen LogP contribution < -0.4 is 10.2 Å². The lowest BCUT2D eigenvalue weighted by atomic mass is 9.98. The molecule has 3 aromatic rings. The first-order valence-corrected chi connectivity index (χ1v) is 13.0. The van der Waals surface area contributed by atoms with Crippen LogP contribution in [0.5, 0.6) is 5.75 Å². The van der Waals surface area contributed by atoms with Gasteiger partial charge in [-0.1, -0.05) is 41.4 Å². The molecule has 0 spiro atoms. The molecule has 184 valence electrons. The van der Waals surface area contributed by atoms with Crippen molar-refractivity contribution in [2.24, 2.45) is 0 Å². The lowest BCUT2D eigenvalue weighted by Gasteiger charge is -2.31. The molecule has 7 nitrogen and oxygen atoms in total. The molecule has 2 aromatic carbocycles. The van der Waals surface area contributed by atoms with Crippen LogP contribution >= 0.6 is 15.9 Å². The van der Waals surface area contributed by atoms with E-state index in [1.165, 1.54) is 0 Å². The standard InChI is InChI=1S/C27H29BrN2O5/c1-2-3-14-34-20-7-4-18(5-8-20)24-23-25(31)21-17-19(28)6-9-22(21)35-26(23)27(32)30(24)11-10-29-12-15-33-16-13-29/h4-9,17,24H,2-3,10-16H2,1H3/t24-/m1/s1. The van der Waals surface area contributed by atoms with Crippen molar-refractivity contribution in [1.29, 1.82) is 0 Å². The zero-order chi connectivity index (χ0) is 24.4. The minimum Gasteiger partial charge on any atom is -0.494 e. The maximum Gasteiger partial charge on any atom is 0.290 e. The molecule has 1 fully saturated rings. The number of amides is 1. The quantitative estimate of drug-likeness (QED) is 0.388. The first kappa shape index (κ1) is 24.0. The van der Waals surface area contributed by atoms with Gasteiger partial charge in [0.05, 0.1) is 36.8 Å². The lowest BCUT2D eigenvalue weighted by molar-refractivity contribution is 0.0314. The Morgan fingerprint density at radius 3 is 2.57 bits per heavy atom.